The minimum Gasteiger partial charge on any atom is -0.481 e. The van der Waals surface area contributed by atoms with Gasteiger partial charge < -0.3 is 14.7 Å². The molecule has 1 fully saturated rings. The van der Waals surface area contributed by atoms with Crippen molar-refractivity contribution in [2.45, 2.75) is 45.6 Å². The zero-order chi connectivity index (χ0) is 16.8. The first-order chi connectivity index (χ1) is 11.0. The van der Waals surface area contributed by atoms with Gasteiger partial charge in [-0.2, -0.15) is 0 Å². The summed E-state index contributed by atoms with van der Waals surface area (Å²) in [7, 11) is 0. The third kappa shape index (κ3) is 5.27. The molecule has 0 unspecified atom stereocenters. The van der Waals surface area contributed by atoms with Crippen molar-refractivity contribution in [3.8, 4) is 5.75 Å². The molecule has 5 nitrogen and oxygen atoms in total. The fourth-order valence-corrected chi connectivity index (χ4v) is 3.03. The summed E-state index contributed by atoms with van der Waals surface area (Å²) in [6.45, 7) is 5.11. The number of rotatable bonds is 6. The number of ether oxygens (including phenoxy) is 1. The van der Waals surface area contributed by atoms with Crippen LogP contribution in [-0.4, -0.2) is 41.1 Å². The predicted octanol–water partition coefficient (Wildman–Crippen LogP) is 2.87. The number of hydrogen-bond acceptors (Lipinski definition) is 3. The maximum Gasteiger partial charge on any atom is 0.303 e. The van der Waals surface area contributed by atoms with Gasteiger partial charge in [0.05, 0.1) is 0 Å². The van der Waals surface area contributed by atoms with E-state index in [1.165, 1.54) is 0 Å². The summed E-state index contributed by atoms with van der Waals surface area (Å²) >= 11 is 0. The lowest BCUT2D eigenvalue weighted by atomic mass is 9.93. The van der Waals surface area contributed by atoms with Crippen molar-refractivity contribution in [3.63, 3.8) is 0 Å². The van der Waals surface area contributed by atoms with E-state index in [1.54, 1.807) is 6.92 Å². The average molecular weight is 319 g/mol. The number of carbonyl (C=O) groups is 2. The standard InChI is InChI=1S/C18H25NO4/c1-13-5-3-7-16(11-13)23-14(2)18(22)19-10-4-6-15(12-19)8-9-17(20)21/h3,5,7,11,14-15H,4,6,8-10,12H2,1-2H3,(H,20,21)/t14-,15-/m0/s1. The quantitative estimate of drug-likeness (QED) is 0.875. The van der Waals surface area contributed by atoms with Crippen LogP contribution in [0.1, 0.15) is 38.2 Å². The van der Waals surface area contributed by atoms with Gasteiger partial charge in [-0.1, -0.05) is 12.1 Å². The number of carbonyl (C=O) groups excluding carboxylic acids is 1. The summed E-state index contributed by atoms with van der Waals surface area (Å²) in [6.07, 6.45) is 2.18. The molecule has 2 rings (SSSR count). The Balaban J connectivity index is 1.89. The van der Waals surface area contributed by atoms with E-state index in [-0.39, 0.29) is 18.2 Å². The average Bonchev–Trinajstić information content (AvgIpc) is 2.52. The molecule has 2 atom stereocenters. The van der Waals surface area contributed by atoms with Crippen LogP contribution in [0.2, 0.25) is 0 Å². The van der Waals surface area contributed by atoms with Crippen LogP contribution in [0.15, 0.2) is 24.3 Å². The summed E-state index contributed by atoms with van der Waals surface area (Å²) < 4.78 is 5.76. The van der Waals surface area contributed by atoms with E-state index in [0.717, 1.165) is 24.9 Å². The molecule has 1 aromatic rings. The molecule has 1 aliphatic rings. The van der Waals surface area contributed by atoms with Gasteiger partial charge in [-0.3, -0.25) is 9.59 Å². The lowest BCUT2D eigenvalue weighted by Gasteiger charge is -2.34. The van der Waals surface area contributed by atoms with Gasteiger partial charge in [0.15, 0.2) is 6.10 Å². The number of hydrogen-bond donors (Lipinski definition) is 1. The second-order valence-corrected chi connectivity index (χ2v) is 6.30. The van der Waals surface area contributed by atoms with E-state index in [1.807, 2.05) is 36.1 Å². The Hall–Kier alpha value is -2.04. The smallest absolute Gasteiger partial charge is 0.303 e. The molecule has 0 radical (unpaired) electrons. The van der Waals surface area contributed by atoms with Crippen LogP contribution in [0, 0.1) is 12.8 Å². The molecule has 1 aromatic carbocycles. The first kappa shape index (κ1) is 17.3. The van der Waals surface area contributed by atoms with E-state index in [9.17, 15) is 9.59 Å². The van der Waals surface area contributed by atoms with E-state index in [2.05, 4.69) is 0 Å². The topological polar surface area (TPSA) is 66.8 Å². The fraction of sp³-hybridized carbons (Fsp3) is 0.556. The molecule has 1 saturated heterocycles. The van der Waals surface area contributed by atoms with Crippen LogP contribution < -0.4 is 4.74 Å². The Morgan fingerprint density at radius 1 is 1.43 bits per heavy atom. The molecule has 1 aliphatic heterocycles. The molecule has 0 saturated carbocycles. The minimum atomic E-state index is -0.774. The maximum atomic E-state index is 12.6. The molecule has 0 bridgehead atoms. The number of benzene rings is 1. The van der Waals surface area contributed by atoms with Gasteiger partial charge in [-0.25, -0.2) is 0 Å². The van der Waals surface area contributed by atoms with E-state index in [4.69, 9.17) is 9.84 Å². The summed E-state index contributed by atoms with van der Waals surface area (Å²) in [4.78, 5) is 25.1. The number of piperidine rings is 1. The van der Waals surface area contributed by atoms with Crippen molar-refractivity contribution in [2.24, 2.45) is 5.92 Å². The van der Waals surface area contributed by atoms with Crippen molar-refractivity contribution < 1.29 is 19.4 Å². The highest BCUT2D eigenvalue weighted by Crippen LogP contribution is 2.22. The highest BCUT2D eigenvalue weighted by Gasteiger charge is 2.28. The number of amides is 1. The van der Waals surface area contributed by atoms with Gasteiger partial charge in [0.2, 0.25) is 0 Å². The fourth-order valence-electron chi connectivity index (χ4n) is 3.03. The van der Waals surface area contributed by atoms with Gasteiger partial charge in [-0.05, 0) is 56.7 Å². The molecule has 0 aromatic heterocycles. The van der Waals surface area contributed by atoms with Crippen LogP contribution in [0.25, 0.3) is 0 Å². The summed E-state index contributed by atoms with van der Waals surface area (Å²) in [6, 6.07) is 7.65. The Labute approximate surface area is 137 Å². The number of carboxylic acids is 1. The molecule has 0 aliphatic carbocycles. The molecule has 1 N–H and O–H groups in total. The summed E-state index contributed by atoms with van der Waals surface area (Å²) in [5, 5.41) is 8.79. The van der Waals surface area contributed by atoms with Gasteiger partial charge in [0.1, 0.15) is 5.75 Å². The van der Waals surface area contributed by atoms with Crippen molar-refractivity contribution in [3.05, 3.63) is 29.8 Å². The number of likely N-dealkylation sites (tertiary alicyclic amines) is 1. The molecule has 0 spiro atoms. The second-order valence-electron chi connectivity index (χ2n) is 6.30. The molecular weight excluding hydrogens is 294 g/mol. The lowest BCUT2D eigenvalue weighted by molar-refractivity contribution is -0.140. The SMILES string of the molecule is Cc1cccc(O[C@@H](C)C(=O)N2CCC[C@@H](CCC(=O)O)C2)c1. The van der Waals surface area contributed by atoms with Crippen molar-refractivity contribution in [1.29, 1.82) is 0 Å². The monoisotopic (exact) mass is 319 g/mol. The van der Waals surface area contributed by atoms with Gasteiger partial charge in [0, 0.05) is 19.5 Å². The number of aryl methyl sites for hydroxylation is 1. The molecule has 1 heterocycles. The Morgan fingerprint density at radius 3 is 2.91 bits per heavy atom. The molecular formula is C18H25NO4. The number of nitrogens with zero attached hydrogens (tertiary/aromatic N) is 1. The van der Waals surface area contributed by atoms with Gasteiger partial charge in [-0.15, -0.1) is 0 Å². The highest BCUT2D eigenvalue weighted by atomic mass is 16.5. The third-order valence-corrected chi connectivity index (χ3v) is 4.25. The van der Waals surface area contributed by atoms with Crippen LogP contribution in [0.3, 0.4) is 0 Å². The van der Waals surface area contributed by atoms with Gasteiger partial charge >= 0.3 is 5.97 Å². The third-order valence-electron chi connectivity index (χ3n) is 4.25. The van der Waals surface area contributed by atoms with Crippen LogP contribution in [0.5, 0.6) is 5.75 Å². The predicted molar refractivity (Wildman–Crippen MR) is 87.4 cm³/mol. The maximum absolute atomic E-state index is 12.6. The summed E-state index contributed by atoms with van der Waals surface area (Å²) in [5.74, 6) is 0.177. The number of carboxylic acid groups (broad SMARTS) is 1. The van der Waals surface area contributed by atoms with E-state index >= 15 is 0 Å². The second kappa shape index (κ2) is 7.99. The number of aliphatic carboxylic acids is 1. The van der Waals surface area contributed by atoms with Crippen molar-refractivity contribution >= 4 is 11.9 Å². The van der Waals surface area contributed by atoms with Crippen molar-refractivity contribution in [2.75, 3.05) is 13.1 Å². The van der Waals surface area contributed by atoms with E-state index < -0.39 is 12.1 Å². The van der Waals surface area contributed by atoms with Crippen LogP contribution in [-0.2, 0) is 9.59 Å². The largest absolute Gasteiger partial charge is 0.481 e. The first-order valence-corrected chi connectivity index (χ1v) is 8.19. The molecule has 23 heavy (non-hydrogen) atoms. The molecule has 1 amide bonds. The Morgan fingerprint density at radius 2 is 2.22 bits per heavy atom. The zero-order valence-electron chi connectivity index (χ0n) is 13.8. The molecule has 5 heteroatoms. The van der Waals surface area contributed by atoms with Crippen LogP contribution >= 0.6 is 0 Å². The Bertz CT molecular complexity index is 558. The molecule has 126 valence electrons. The van der Waals surface area contributed by atoms with Crippen molar-refractivity contribution in [1.82, 2.24) is 4.90 Å². The zero-order valence-corrected chi connectivity index (χ0v) is 13.8. The minimum absolute atomic E-state index is 0.0217. The highest BCUT2D eigenvalue weighted by molar-refractivity contribution is 5.81. The van der Waals surface area contributed by atoms with E-state index in [0.29, 0.717) is 18.7 Å². The first-order valence-electron chi connectivity index (χ1n) is 8.19. The van der Waals surface area contributed by atoms with Crippen LogP contribution in [0.4, 0.5) is 0 Å². The summed E-state index contributed by atoms with van der Waals surface area (Å²) in [5.41, 5.74) is 1.09. The Kier molecular flexibility index (Phi) is 6.02. The van der Waals surface area contributed by atoms with Gasteiger partial charge in [0.25, 0.3) is 5.91 Å². The normalized spacial score (nSPS) is 19.2. The lowest BCUT2D eigenvalue weighted by Crippen LogP contribution is -2.45.